The van der Waals surface area contributed by atoms with Crippen LogP contribution in [-0.4, -0.2) is 19.2 Å². The molecule has 2 rings (SSSR count). The number of carbonyl (C=O) groups excluding carboxylic acids is 1. The van der Waals surface area contributed by atoms with Crippen molar-refractivity contribution in [3.63, 3.8) is 0 Å². The van der Waals surface area contributed by atoms with Crippen LogP contribution < -0.4 is 10.7 Å². The van der Waals surface area contributed by atoms with Crippen molar-refractivity contribution in [3.8, 4) is 0 Å². The molecule has 0 unspecified atom stereocenters. The Labute approximate surface area is 129 Å². The van der Waals surface area contributed by atoms with Crippen molar-refractivity contribution in [1.29, 1.82) is 0 Å². The molecule has 0 fully saturated rings. The van der Waals surface area contributed by atoms with Gasteiger partial charge in [0.15, 0.2) is 0 Å². The molecule has 0 aliphatic rings. The van der Waals surface area contributed by atoms with Crippen LogP contribution in [0.3, 0.4) is 0 Å². The third kappa shape index (κ3) is 4.49. The Morgan fingerprint density at radius 2 is 2.18 bits per heavy atom. The first kappa shape index (κ1) is 15.3. The van der Waals surface area contributed by atoms with Crippen LogP contribution in [0.25, 0.3) is 11.8 Å². The zero-order chi connectivity index (χ0) is 15.8. The molecule has 0 aliphatic carbocycles. The first-order valence-corrected chi connectivity index (χ1v) is 6.71. The van der Waals surface area contributed by atoms with E-state index in [2.05, 4.69) is 22.4 Å². The number of hydrogen-bond acceptors (Lipinski definition) is 4. The van der Waals surface area contributed by atoms with Crippen molar-refractivity contribution in [3.05, 3.63) is 72.2 Å². The standard InChI is InChI=1S/C17H17N3O2/c1-13(20-19-12-16-7-4-10-22-16)15-6-3-5-14(11-15)8-9-17(21)18-2/h3-12,20H,1H2,2H3,(H,18,21)/b9-8+,19-12+. The van der Waals surface area contributed by atoms with Crippen LogP contribution in [0.1, 0.15) is 16.9 Å². The Kier molecular flexibility index (Phi) is 5.31. The highest BCUT2D eigenvalue weighted by Crippen LogP contribution is 2.13. The first-order chi connectivity index (χ1) is 10.7. The molecule has 2 aromatic rings. The summed E-state index contributed by atoms with van der Waals surface area (Å²) in [4.78, 5) is 11.2. The second kappa shape index (κ2) is 7.64. The molecule has 0 atom stereocenters. The highest BCUT2D eigenvalue weighted by molar-refractivity contribution is 5.91. The second-order valence-corrected chi connectivity index (χ2v) is 4.44. The topological polar surface area (TPSA) is 66.6 Å². The maximum atomic E-state index is 11.2. The van der Waals surface area contributed by atoms with Crippen molar-refractivity contribution in [2.45, 2.75) is 0 Å². The summed E-state index contributed by atoms with van der Waals surface area (Å²) in [6, 6.07) is 11.2. The van der Waals surface area contributed by atoms with Crippen molar-refractivity contribution < 1.29 is 9.21 Å². The number of hydrazone groups is 1. The fraction of sp³-hybridized carbons (Fsp3) is 0.0588. The second-order valence-electron chi connectivity index (χ2n) is 4.44. The van der Waals surface area contributed by atoms with E-state index in [0.29, 0.717) is 11.5 Å². The van der Waals surface area contributed by atoms with Crippen molar-refractivity contribution >= 4 is 23.9 Å². The molecule has 0 bridgehead atoms. The molecule has 112 valence electrons. The summed E-state index contributed by atoms with van der Waals surface area (Å²) in [5.41, 5.74) is 5.29. The van der Waals surface area contributed by atoms with E-state index in [1.165, 1.54) is 6.08 Å². The van der Waals surface area contributed by atoms with Crippen molar-refractivity contribution in [1.82, 2.24) is 10.7 Å². The Hall–Kier alpha value is -3.08. The number of nitrogens with one attached hydrogen (secondary N) is 2. The van der Waals surface area contributed by atoms with Crippen LogP contribution >= 0.6 is 0 Å². The van der Waals surface area contributed by atoms with Gasteiger partial charge in [0.1, 0.15) is 5.76 Å². The van der Waals surface area contributed by atoms with E-state index in [-0.39, 0.29) is 5.91 Å². The van der Waals surface area contributed by atoms with Gasteiger partial charge < -0.3 is 9.73 Å². The SMILES string of the molecule is C=C(N/N=C/c1ccco1)c1cccc(/C=C/C(=O)NC)c1. The van der Waals surface area contributed by atoms with E-state index in [1.54, 1.807) is 37.7 Å². The van der Waals surface area contributed by atoms with Gasteiger partial charge in [-0.25, -0.2) is 0 Å². The molecular weight excluding hydrogens is 278 g/mol. The van der Waals surface area contributed by atoms with Gasteiger partial charge in [-0.1, -0.05) is 24.8 Å². The van der Waals surface area contributed by atoms with Crippen LogP contribution in [0.5, 0.6) is 0 Å². The van der Waals surface area contributed by atoms with E-state index in [4.69, 9.17) is 4.42 Å². The smallest absolute Gasteiger partial charge is 0.243 e. The van der Waals surface area contributed by atoms with Gasteiger partial charge in [-0.05, 0) is 35.4 Å². The van der Waals surface area contributed by atoms with Crippen LogP contribution in [0.2, 0.25) is 0 Å². The molecule has 5 nitrogen and oxygen atoms in total. The number of rotatable bonds is 6. The van der Waals surface area contributed by atoms with Crippen molar-refractivity contribution in [2.24, 2.45) is 5.10 Å². The number of carbonyl (C=O) groups is 1. The van der Waals surface area contributed by atoms with Gasteiger partial charge >= 0.3 is 0 Å². The summed E-state index contributed by atoms with van der Waals surface area (Å²) in [5, 5.41) is 6.59. The van der Waals surface area contributed by atoms with Gasteiger partial charge in [0.2, 0.25) is 5.91 Å². The summed E-state index contributed by atoms with van der Waals surface area (Å²) in [7, 11) is 1.59. The lowest BCUT2D eigenvalue weighted by molar-refractivity contribution is -0.115. The highest BCUT2D eigenvalue weighted by Gasteiger charge is 1.99. The fourth-order valence-electron chi connectivity index (χ4n) is 1.69. The van der Waals surface area contributed by atoms with E-state index < -0.39 is 0 Å². The largest absolute Gasteiger partial charge is 0.463 e. The highest BCUT2D eigenvalue weighted by atomic mass is 16.3. The quantitative estimate of drug-likeness (QED) is 0.489. The maximum absolute atomic E-state index is 11.2. The normalized spacial score (nSPS) is 11.0. The molecule has 1 amide bonds. The third-order valence-electron chi connectivity index (χ3n) is 2.84. The summed E-state index contributed by atoms with van der Waals surface area (Å²) < 4.78 is 5.14. The molecule has 1 aromatic heterocycles. The molecule has 5 heteroatoms. The summed E-state index contributed by atoms with van der Waals surface area (Å²) in [5.74, 6) is 0.507. The minimum Gasteiger partial charge on any atom is -0.463 e. The molecule has 1 heterocycles. The van der Waals surface area contributed by atoms with Gasteiger partial charge in [0.25, 0.3) is 0 Å². The molecular formula is C17H17N3O2. The summed E-state index contributed by atoms with van der Waals surface area (Å²) >= 11 is 0. The Morgan fingerprint density at radius 1 is 1.32 bits per heavy atom. The number of furan rings is 1. The molecule has 0 spiro atoms. The number of likely N-dealkylation sites (N-methyl/N-ethyl adjacent to an activating group) is 1. The predicted molar refractivity (Wildman–Crippen MR) is 88.0 cm³/mol. The summed E-state index contributed by atoms with van der Waals surface area (Å²) in [6.45, 7) is 3.94. The number of nitrogens with zero attached hydrogens (tertiary/aromatic N) is 1. The lowest BCUT2D eigenvalue weighted by Crippen LogP contribution is -2.13. The molecule has 0 radical (unpaired) electrons. The van der Waals surface area contributed by atoms with Gasteiger partial charge in [-0.2, -0.15) is 5.10 Å². The number of hydrogen-bond donors (Lipinski definition) is 2. The minimum absolute atomic E-state index is 0.148. The van der Waals surface area contributed by atoms with E-state index in [9.17, 15) is 4.79 Å². The van der Waals surface area contributed by atoms with Crippen LogP contribution in [-0.2, 0) is 4.79 Å². The summed E-state index contributed by atoms with van der Waals surface area (Å²) in [6.07, 6.45) is 6.37. The lowest BCUT2D eigenvalue weighted by atomic mass is 10.1. The zero-order valence-corrected chi connectivity index (χ0v) is 12.2. The Morgan fingerprint density at radius 3 is 2.91 bits per heavy atom. The van der Waals surface area contributed by atoms with Gasteiger partial charge in [-0.3, -0.25) is 10.2 Å². The van der Waals surface area contributed by atoms with Gasteiger partial charge in [0, 0.05) is 13.1 Å². The average Bonchev–Trinajstić information content (AvgIpc) is 3.06. The Balaban J connectivity index is 2.00. The third-order valence-corrected chi connectivity index (χ3v) is 2.84. The lowest BCUT2D eigenvalue weighted by Gasteiger charge is -2.05. The van der Waals surface area contributed by atoms with Crippen LogP contribution in [0.15, 0.2) is 64.8 Å². The van der Waals surface area contributed by atoms with Gasteiger partial charge in [-0.15, -0.1) is 0 Å². The molecule has 1 aromatic carbocycles. The van der Waals surface area contributed by atoms with E-state index >= 15 is 0 Å². The zero-order valence-electron chi connectivity index (χ0n) is 12.2. The number of amides is 1. The molecule has 22 heavy (non-hydrogen) atoms. The van der Waals surface area contributed by atoms with Crippen LogP contribution in [0, 0.1) is 0 Å². The average molecular weight is 295 g/mol. The van der Waals surface area contributed by atoms with Crippen molar-refractivity contribution in [2.75, 3.05) is 7.05 Å². The maximum Gasteiger partial charge on any atom is 0.243 e. The molecule has 2 N–H and O–H groups in total. The number of benzene rings is 1. The van der Waals surface area contributed by atoms with Gasteiger partial charge in [0.05, 0.1) is 18.2 Å². The molecule has 0 saturated carbocycles. The predicted octanol–water partition coefficient (Wildman–Crippen LogP) is 2.63. The van der Waals surface area contributed by atoms with E-state index in [1.807, 2.05) is 24.3 Å². The van der Waals surface area contributed by atoms with Crippen LogP contribution in [0.4, 0.5) is 0 Å². The molecule has 0 aliphatic heterocycles. The Bertz CT molecular complexity index is 700. The minimum atomic E-state index is -0.148. The first-order valence-electron chi connectivity index (χ1n) is 6.71. The van der Waals surface area contributed by atoms with E-state index in [0.717, 1.165) is 11.1 Å². The monoisotopic (exact) mass is 295 g/mol. The fourth-order valence-corrected chi connectivity index (χ4v) is 1.69. The molecule has 0 saturated heterocycles.